The lowest BCUT2D eigenvalue weighted by Gasteiger charge is -2.18. The summed E-state index contributed by atoms with van der Waals surface area (Å²) in [7, 11) is 1.40. The molecule has 0 heterocycles. The number of urea groups is 1. The number of carbonyl (C=O) groups is 1. The zero-order valence-corrected chi connectivity index (χ0v) is 13.2. The van der Waals surface area contributed by atoms with E-state index in [4.69, 9.17) is 4.74 Å². The quantitative estimate of drug-likeness (QED) is 0.719. The maximum absolute atomic E-state index is 12.1. The second-order valence-electron chi connectivity index (χ2n) is 5.05. The maximum Gasteiger partial charge on any atom is 0.401 e. The van der Waals surface area contributed by atoms with Crippen molar-refractivity contribution in [3.8, 4) is 5.75 Å². The van der Waals surface area contributed by atoms with Crippen molar-refractivity contribution in [2.24, 2.45) is 0 Å². The standard InChI is InChI=1S/C15H22F3N3O2/c1-3-23-13-7-4-6-12(10-13)20-14(22)19-8-5-9-21(2)11-15(16,17)18/h4,6-7,10H,3,5,8-9,11H2,1-2H3,(H2,19,20,22). The second-order valence-corrected chi connectivity index (χ2v) is 5.05. The zero-order valence-electron chi connectivity index (χ0n) is 13.2. The summed E-state index contributed by atoms with van der Waals surface area (Å²) in [6.45, 7) is 1.98. The highest BCUT2D eigenvalue weighted by Crippen LogP contribution is 2.17. The summed E-state index contributed by atoms with van der Waals surface area (Å²) in [5.74, 6) is 0.652. The zero-order chi connectivity index (χ0) is 17.3. The summed E-state index contributed by atoms with van der Waals surface area (Å²) in [5.41, 5.74) is 0.586. The topological polar surface area (TPSA) is 53.6 Å². The molecule has 1 aromatic carbocycles. The third-order valence-electron chi connectivity index (χ3n) is 2.85. The molecule has 0 atom stereocenters. The Morgan fingerprint density at radius 2 is 2.09 bits per heavy atom. The van der Waals surface area contributed by atoms with Gasteiger partial charge >= 0.3 is 12.2 Å². The molecule has 0 saturated heterocycles. The Kier molecular flexibility index (Phi) is 7.67. The summed E-state index contributed by atoms with van der Waals surface area (Å²) >= 11 is 0. The van der Waals surface area contributed by atoms with Gasteiger partial charge in [-0.25, -0.2) is 4.79 Å². The molecule has 0 aliphatic carbocycles. The molecule has 8 heteroatoms. The fourth-order valence-electron chi connectivity index (χ4n) is 1.94. The van der Waals surface area contributed by atoms with Gasteiger partial charge in [-0.3, -0.25) is 4.90 Å². The van der Waals surface area contributed by atoms with Crippen molar-refractivity contribution in [3.63, 3.8) is 0 Å². The third kappa shape index (κ3) is 8.92. The largest absolute Gasteiger partial charge is 0.494 e. The minimum Gasteiger partial charge on any atom is -0.494 e. The van der Waals surface area contributed by atoms with E-state index in [9.17, 15) is 18.0 Å². The van der Waals surface area contributed by atoms with Crippen molar-refractivity contribution < 1.29 is 22.7 Å². The monoisotopic (exact) mass is 333 g/mol. The van der Waals surface area contributed by atoms with Gasteiger partial charge in [-0.15, -0.1) is 0 Å². The number of nitrogens with zero attached hydrogens (tertiary/aromatic N) is 1. The Labute approximate surface area is 133 Å². The lowest BCUT2D eigenvalue weighted by atomic mass is 10.3. The summed E-state index contributed by atoms with van der Waals surface area (Å²) in [6.07, 6.45) is -3.77. The summed E-state index contributed by atoms with van der Waals surface area (Å²) in [6, 6.07) is 6.55. The van der Waals surface area contributed by atoms with E-state index in [1.807, 2.05) is 6.92 Å². The van der Waals surface area contributed by atoms with Crippen LogP contribution in [0.15, 0.2) is 24.3 Å². The number of carbonyl (C=O) groups excluding carboxylic acids is 1. The fraction of sp³-hybridized carbons (Fsp3) is 0.533. The van der Waals surface area contributed by atoms with Gasteiger partial charge in [-0.2, -0.15) is 13.2 Å². The first kappa shape index (κ1) is 19.1. The number of nitrogens with one attached hydrogen (secondary N) is 2. The van der Waals surface area contributed by atoms with E-state index in [1.54, 1.807) is 24.3 Å². The first-order valence-electron chi connectivity index (χ1n) is 7.33. The molecule has 5 nitrogen and oxygen atoms in total. The Bertz CT molecular complexity index is 495. The summed E-state index contributed by atoms with van der Waals surface area (Å²) in [4.78, 5) is 12.9. The minimum atomic E-state index is -4.20. The second kappa shape index (κ2) is 9.24. The van der Waals surface area contributed by atoms with Crippen LogP contribution in [0.25, 0.3) is 0 Å². The number of anilines is 1. The molecule has 0 spiro atoms. The molecule has 0 bridgehead atoms. The number of hydrogen-bond acceptors (Lipinski definition) is 3. The number of alkyl halides is 3. The van der Waals surface area contributed by atoms with Crippen LogP contribution >= 0.6 is 0 Å². The average Bonchev–Trinajstić information content (AvgIpc) is 2.42. The lowest BCUT2D eigenvalue weighted by Crippen LogP contribution is -2.34. The summed E-state index contributed by atoms with van der Waals surface area (Å²) < 4.78 is 41.7. The van der Waals surface area contributed by atoms with Crippen molar-refractivity contribution in [1.29, 1.82) is 0 Å². The predicted octanol–water partition coefficient (Wildman–Crippen LogP) is 3.09. The minimum absolute atomic E-state index is 0.250. The van der Waals surface area contributed by atoms with Gasteiger partial charge in [0.15, 0.2) is 0 Å². The maximum atomic E-state index is 12.1. The van der Waals surface area contributed by atoms with Gasteiger partial charge in [0.2, 0.25) is 0 Å². The van der Waals surface area contributed by atoms with Crippen molar-refractivity contribution >= 4 is 11.7 Å². The van der Waals surface area contributed by atoms with Crippen LogP contribution < -0.4 is 15.4 Å². The molecule has 0 aliphatic heterocycles. The van der Waals surface area contributed by atoms with Crippen molar-refractivity contribution in [1.82, 2.24) is 10.2 Å². The Balaban J connectivity index is 2.25. The number of benzene rings is 1. The molecule has 0 unspecified atom stereocenters. The van der Waals surface area contributed by atoms with Crippen LogP contribution in [0.5, 0.6) is 5.75 Å². The summed E-state index contributed by atoms with van der Waals surface area (Å²) in [5, 5.41) is 5.25. The highest BCUT2D eigenvalue weighted by molar-refractivity contribution is 5.89. The number of amides is 2. The molecule has 2 amide bonds. The van der Waals surface area contributed by atoms with Crippen LogP contribution in [0, 0.1) is 0 Å². The van der Waals surface area contributed by atoms with Crippen molar-refractivity contribution in [2.45, 2.75) is 19.5 Å². The van der Waals surface area contributed by atoms with Crippen LogP contribution in [0.4, 0.5) is 23.7 Å². The van der Waals surface area contributed by atoms with Crippen LogP contribution in [-0.2, 0) is 0 Å². The van der Waals surface area contributed by atoms with Crippen LogP contribution in [0.1, 0.15) is 13.3 Å². The molecule has 0 radical (unpaired) electrons. The highest BCUT2D eigenvalue weighted by Gasteiger charge is 2.28. The molecule has 0 aromatic heterocycles. The molecule has 130 valence electrons. The smallest absolute Gasteiger partial charge is 0.401 e. The fourth-order valence-corrected chi connectivity index (χ4v) is 1.94. The van der Waals surface area contributed by atoms with Gasteiger partial charge in [-0.05, 0) is 39.1 Å². The van der Waals surface area contributed by atoms with E-state index in [-0.39, 0.29) is 6.54 Å². The Morgan fingerprint density at radius 3 is 2.74 bits per heavy atom. The van der Waals surface area contributed by atoms with Crippen LogP contribution in [-0.4, -0.2) is 50.4 Å². The molecule has 1 rings (SSSR count). The first-order chi connectivity index (χ1) is 10.8. The highest BCUT2D eigenvalue weighted by atomic mass is 19.4. The van der Waals surface area contributed by atoms with Crippen molar-refractivity contribution in [2.75, 3.05) is 38.6 Å². The average molecular weight is 333 g/mol. The van der Waals surface area contributed by atoms with E-state index in [1.165, 1.54) is 11.9 Å². The number of hydrogen-bond donors (Lipinski definition) is 2. The first-order valence-corrected chi connectivity index (χ1v) is 7.33. The molecular formula is C15H22F3N3O2. The molecule has 0 fully saturated rings. The van der Waals surface area contributed by atoms with Gasteiger partial charge in [0.1, 0.15) is 5.75 Å². The van der Waals surface area contributed by atoms with Gasteiger partial charge < -0.3 is 15.4 Å². The molecular weight excluding hydrogens is 311 g/mol. The van der Waals surface area contributed by atoms with E-state index in [0.717, 1.165) is 0 Å². The molecule has 2 N–H and O–H groups in total. The van der Waals surface area contributed by atoms with Gasteiger partial charge in [0.05, 0.1) is 13.2 Å². The molecule has 0 aliphatic rings. The molecule has 0 saturated carbocycles. The van der Waals surface area contributed by atoms with E-state index in [2.05, 4.69) is 10.6 Å². The molecule has 23 heavy (non-hydrogen) atoms. The Hall–Kier alpha value is -1.96. The molecule has 1 aromatic rings. The van der Waals surface area contributed by atoms with Crippen LogP contribution in [0.3, 0.4) is 0 Å². The number of halogens is 3. The van der Waals surface area contributed by atoms with Gasteiger partial charge in [-0.1, -0.05) is 6.07 Å². The third-order valence-corrected chi connectivity index (χ3v) is 2.85. The van der Waals surface area contributed by atoms with E-state index >= 15 is 0 Å². The lowest BCUT2D eigenvalue weighted by molar-refractivity contribution is -0.143. The SMILES string of the molecule is CCOc1cccc(NC(=O)NCCCN(C)CC(F)(F)F)c1. The van der Waals surface area contributed by atoms with E-state index < -0.39 is 18.8 Å². The van der Waals surface area contributed by atoms with Gasteiger partial charge in [0.25, 0.3) is 0 Å². The number of ether oxygens (including phenoxy) is 1. The van der Waals surface area contributed by atoms with Crippen LogP contribution in [0.2, 0.25) is 0 Å². The predicted molar refractivity (Wildman–Crippen MR) is 82.8 cm³/mol. The van der Waals surface area contributed by atoms with Gasteiger partial charge in [0, 0.05) is 18.3 Å². The normalized spacial score (nSPS) is 11.4. The van der Waals surface area contributed by atoms with Crippen molar-refractivity contribution in [3.05, 3.63) is 24.3 Å². The number of rotatable bonds is 8. The Morgan fingerprint density at radius 1 is 1.35 bits per heavy atom. The van der Waals surface area contributed by atoms with E-state index in [0.29, 0.717) is 31.0 Å².